The highest BCUT2D eigenvalue weighted by molar-refractivity contribution is 5.67. The highest BCUT2D eigenvalue weighted by Crippen LogP contribution is 2.61. The summed E-state index contributed by atoms with van der Waals surface area (Å²) in [6.07, 6.45) is 67.8. The van der Waals surface area contributed by atoms with Crippen LogP contribution in [0, 0.1) is 10.8 Å². The van der Waals surface area contributed by atoms with Crippen molar-refractivity contribution in [3.05, 3.63) is 0 Å². The summed E-state index contributed by atoms with van der Waals surface area (Å²) in [4.78, 5) is 32.1. The molecular formula is C59H112O6. The first-order chi connectivity index (χ1) is 31.8. The zero-order chi connectivity index (χ0) is 47.2. The third-order valence-corrected chi connectivity index (χ3v) is 16.1. The molecule has 1 aliphatic rings. The molecule has 0 amide bonds. The van der Waals surface area contributed by atoms with Crippen LogP contribution in [0.3, 0.4) is 0 Å². The quantitative estimate of drug-likeness (QED) is 0.0524. The van der Waals surface area contributed by atoms with Gasteiger partial charge in [0.05, 0.1) is 0 Å². The van der Waals surface area contributed by atoms with Crippen LogP contribution in [0.25, 0.3) is 0 Å². The Balaban J connectivity index is 2.60. The Morgan fingerprint density at radius 1 is 0.277 bits per heavy atom. The van der Waals surface area contributed by atoms with Gasteiger partial charge in [0.25, 0.3) is 0 Å². The van der Waals surface area contributed by atoms with Crippen molar-refractivity contribution in [1.29, 1.82) is 0 Å². The fraction of sp³-hybridized carbons (Fsp3) is 0.949. The molecule has 65 heavy (non-hydrogen) atoms. The van der Waals surface area contributed by atoms with Crippen molar-refractivity contribution in [1.82, 2.24) is 0 Å². The largest absolute Gasteiger partial charge is 0.481 e. The maximum absolute atomic E-state index is 10.7. The summed E-state index contributed by atoms with van der Waals surface area (Å²) >= 11 is 0. The number of aliphatic carboxylic acids is 3. The van der Waals surface area contributed by atoms with Gasteiger partial charge in [-0.1, -0.05) is 270 Å². The predicted octanol–water partition coefficient (Wildman–Crippen LogP) is 19.9. The van der Waals surface area contributed by atoms with Gasteiger partial charge in [0.15, 0.2) is 0 Å². The van der Waals surface area contributed by atoms with Crippen LogP contribution in [-0.4, -0.2) is 33.2 Å². The molecule has 0 aromatic heterocycles. The number of rotatable bonds is 52. The van der Waals surface area contributed by atoms with E-state index in [1.807, 2.05) is 0 Å². The Morgan fingerprint density at radius 2 is 0.446 bits per heavy atom. The average molecular weight is 918 g/mol. The number of unbranched alkanes of at least 4 members (excludes halogenated alkanes) is 38. The molecular weight excluding hydrogens is 805 g/mol. The molecule has 1 unspecified atom stereocenters. The molecule has 0 aromatic rings. The van der Waals surface area contributed by atoms with E-state index in [1.54, 1.807) is 0 Å². The Bertz CT molecular complexity index is 1030. The molecule has 1 saturated carbocycles. The van der Waals surface area contributed by atoms with Crippen molar-refractivity contribution >= 4 is 17.9 Å². The minimum absolute atomic E-state index is 0.330. The van der Waals surface area contributed by atoms with Gasteiger partial charge in [0.2, 0.25) is 0 Å². The average Bonchev–Trinajstić information content (AvgIpc) is 3.28. The van der Waals surface area contributed by atoms with Gasteiger partial charge in [-0.05, 0) is 68.6 Å². The summed E-state index contributed by atoms with van der Waals surface area (Å²) in [5.41, 5.74) is 1.14. The van der Waals surface area contributed by atoms with Crippen LogP contribution in [0.4, 0.5) is 0 Å². The van der Waals surface area contributed by atoms with E-state index >= 15 is 0 Å². The first-order valence-corrected chi connectivity index (χ1v) is 29.4. The fourth-order valence-electron chi connectivity index (χ4n) is 12.0. The van der Waals surface area contributed by atoms with Crippen molar-refractivity contribution < 1.29 is 29.7 Å². The molecule has 1 atom stereocenters. The van der Waals surface area contributed by atoms with Crippen LogP contribution in [0.5, 0.6) is 0 Å². The van der Waals surface area contributed by atoms with Crippen LogP contribution in [0.15, 0.2) is 0 Å². The minimum atomic E-state index is -0.655. The Hall–Kier alpha value is -1.59. The number of hydrogen-bond acceptors (Lipinski definition) is 3. The standard InChI is InChI=1S/C59H112O6/c1-2-3-40-49-58(50-41-34-28-22-16-10-4-7-13-19-25-31-37-46-55(60)61)53-44-45-54-59(58,51-42-35-29-23-17-11-5-8-14-20-26-32-38-47-56(62)63)52-43-36-30-24-18-12-6-9-15-21-27-33-39-48-57(64)65/h2-54H2,1H3,(H,60,61)(H,62,63)(H,64,65). The first-order valence-electron chi connectivity index (χ1n) is 29.4. The zero-order valence-electron chi connectivity index (χ0n) is 43.5. The molecule has 0 aliphatic heterocycles. The second-order valence-electron chi connectivity index (χ2n) is 21.7. The molecule has 0 spiro atoms. The van der Waals surface area contributed by atoms with E-state index in [1.165, 1.54) is 283 Å². The second kappa shape index (κ2) is 44.9. The SMILES string of the molecule is CCCCCC1(CCCCCCCCCCCCCCCC(=O)O)CCCCC1(CCCCCCCCCCCCCCCC(=O)O)CCCCCCCCCCCCCCCC(=O)O. The summed E-state index contributed by atoms with van der Waals surface area (Å²) in [6, 6.07) is 0. The van der Waals surface area contributed by atoms with Gasteiger partial charge in [-0.25, -0.2) is 0 Å². The summed E-state index contributed by atoms with van der Waals surface area (Å²) < 4.78 is 0. The van der Waals surface area contributed by atoms with Gasteiger partial charge < -0.3 is 15.3 Å². The maximum atomic E-state index is 10.7. The lowest BCUT2D eigenvalue weighted by Gasteiger charge is -2.56. The van der Waals surface area contributed by atoms with Gasteiger partial charge in [-0.15, -0.1) is 0 Å². The second-order valence-corrected chi connectivity index (χ2v) is 21.7. The molecule has 0 bridgehead atoms. The third-order valence-electron chi connectivity index (χ3n) is 16.1. The molecule has 1 fully saturated rings. The topological polar surface area (TPSA) is 112 Å². The Morgan fingerprint density at radius 3 is 0.631 bits per heavy atom. The van der Waals surface area contributed by atoms with Crippen molar-refractivity contribution in [2.45, 2.75) is 347 Å². The van der Waals surface area contributed by atoms with E-state index in [9.17, 15) is 14.4 Å². The molecule has 1 rings (SSSR count). The van der Waals surface area contributed by atoms with E-state index in [0.29, 0.717) is 30.1 Å². The van der Waals surface area contributed by atoms with Crippen LogP contribution in [0.1, 0.15) is 347 Å². The summed E-state index contributed by atoms with van der Waals surface area (Å²) in [5, 5.41) is 26.5. The summed E-state index contributed by atoms with van der Waals surface area (Å²) in [6.45, 7) is 2.40. The van der Waals surface area contributed by atoms with E-state index in [2.05, 4.69) is 6.92 Å². The zero-order valence-corrected chi connectivity index (χ0v) is 43.5. The van der Waals surface area contributed by atoms with E-state index in [-0.39, 0.29) is 0 Å². The van der Waals surface area contributed by atoms with Crippen molar-refractivity contribution in [3.63, 3.8) is 0 Å². The van der Waals surface area contributed by atoms with Crippen molar-refractivity contribution in [2.24, 2.45) is 10.8 Å². The van der Waals surface area contributed by atoms with E-state index < -0.39 is 17.9 Å². The minimum Gasteiger partial charge on any atom is -0.481 e. The van der Waals surface area contributed by atoms with Crippen molar-refractivity contribution in [3.8, 4) is 0 Å². The van der Waals surface area contributed by atoms with Crippen LogP contribution >= 0.6 is 0 Å². The van der Waals surface area contributed by atoms with Crippen LogP contribution in [-0.2, 0) is 14.4 Å². The maximum Gasteiger partial charge on any atom is 0.303 e. The predicted molar refractivity (Wildman–Crippen MR) is 278 cm³/mol. The van der Waals surface area contributed by atoms with Gasteiger partial charge in [0.1, 0.15) is 0 Å². The molecule has 6 heteroatoms. The molecule has 1 aliphatic carbocycles. The highest BCUT2D eigenvalue weighted by Gasteiger charge is 2.50. The number of carboxylic acids is 3. The number of hydrogen-bond donors (Lipinski definition) is 3. The molecule has 6 nitrogen and oxygen atoms in total. The normalized spacial score (nSPS) is 16.0. The lowest BCUT2D eigenvalue weighted by Crippen LogP contribution is -2.45. The monoisotopic (exact) mass is 917 g/mol. The van der Waals surface area contributed by atoms with Crippen LogP contribution < -0.4 is 0 Å². The van der Waals surface area contributed by atoms with E-state index in [4.69, 9.17) is 15.3 Å². The Labute approximate surface area is 404 Å². The van der Waals surface area contributed by atoms with E-state index in [0.717, 1.165) is 38.5 Å². The molecule has 0 heterocycles. The lowest BCUT2D eigenvalue weighted by atomic mass is 9.49. The molecule has 3 N–H and O–H groups in total. The number of carboxylic acid groups (broad SMARTS) is 3. The van der Waals surface area contributed by atoms with Gasteiger partial charge in [-0.2, -0.15) is 0 Å². The number of carbonyl (C=O) groups is 3. The van der Waals surface area contributed by atoms with Gasteiger partial charge in [0, 0.05) is 19.3 Å². The molecule has 0 aromatic carbocycles. The molecule has 0 radical (unpaired) electrons. The summed E-state index contributed by atoms with van der Waals surface area (Å²) in [5.74, 6) is -1.96. The van der Waals surface area contributed by atoms with Gasteiger partial charge >= 0.3 is 17.9 Å². The van der Waals surface area contributed by atoms with Crippen molar-refractivity contribution in [2.75, 3.05) is 0 Å². The van der Waals surface area contributed by atoms with Crippen LogP contribution in [0.2, 0.25) is 0 Å². The lowest BCUT2D eigenvalue weighted by molar-refractivity contribution is -0.138. The first kappa shape index (κ1) is 61.4. The third kappa shape index (κ3) is 36.1. The highest BCUT2D eigenvalue weighted by atomic mass is 16.4. The Kier molecular flexibility index (Phi) is 42.4. The molecule has 0 saturated heterocycles. The molecule has 384 valence electrons. The smallest absolute Gasteiger partial charge is 0.303 e. The fourth-order valence-corrected chi connectivity index (χ4v) is 12.0. The summed E-state index contributed by atoms with van der Waals surface area (Å²) in [7, 11) is 0. The van der Waals surface area contributed by atoms with Gasteiger partial charge in [-0.3, -0.25) is 14.4 Å².